The van der Waals surface area contributed by atoms with Crippen LogP contribution in [0.2, 0.25) is 0 Å². The van der Waals surface area contributed by atoms with Crippen molar-refractivity contribution in [2.24, 2.45) is 5.92 Å². The van der Waals surface area contributed by atoms with E-state index in [1.807, 2.05) is 36.4 Å². The topological polar surface area (TPSA) is 64.3 Å². The number of hydrogen-bond acceptors (Lipinski definition) is 5. The lowest BCUT2D eigenvalue weighted by atomic mass is 9.86. The van der Waals surface area contributed by atoms with Gasteiger partial charge < -0.3 is 10.5 Å². The zero-order valence-corrected chi connectivity index (χ0v) is 13.5. The highest BCUT2D eigenvalue weighted by Gasteiger charge is 2.35. The summed E-state index contributed by atoms with van der Waals surface area (Å²) in [4.78, 5) is 2.46. The summed E-state index contributed by atoms with van der Waals surface area (Å²) in [5, 5.41) is 8.32. The molecule has 0 amide bonds. The van der Waals surface area contributed by atoms with Gasteiger partial charge in [0.1, 0.15) is 11.8 Å². The summed E-state index contributed by atoms with van der Waals surface area (Å²) in [6.07, 6.45) is 2.69. The minimum atomic E-state index is 0.244. The summed E-state index contributed by atoms with van der Waals surface area (Å²) in [7, 11) is 0. The molecule has 3 saturated heterocycles. The highest BCUT2D eigenvalue weighted by atomic mass is 16.5. The number of benzene rings is 1. The molecule has 3 aliphatic rings. The summed E-state index contributed by atoms with van der Waals surface area (Å²) >= 11 is 0. The molecule has 2 bridgehead atoms. The van der Waals surface area contributed by atoms with Crippen LogP contribution in [0.25, 0.3) is 0 Å². The highest BCUT2D eigenvalue weighted by Crippen LogP contribution is 2.29. The molecule has 0 unspecified atom stereocenters. The number of nitrogens with two attached hydrogens (primary N) is 1. The van der Waals surface area contributed by atoms with Crippen molar-refractivity contribution in [2.75, 3.05) is 25.4 Å². The molecule has 4 heterocycles. The second kappa shape index (κ2) is 6.50. The Morgan fingerprint density at radius 3 is 2.42 bits per heavy atom. The molecule has 1 atom stereocenters. The fourth-order valence-corrected chi connectivity index (χ4v) is 3.35. The van der Waals surface area contributed by atoms with Crippen molar-refractivity contribution in [1.29, 1.82) is 0 Å². The molecule has 3 fully saturated rings. The van der Waals surface area contributed by atoms with Crippen LogP contribution in [0, 0.1) is 17.8 Å². The molecule has 0 saturated carbocycles. The molecule has 0 aliphatic carbocycles. The Hall–Kier alpha value is -2.58. The fourth-order valence-electron chi connectivity index (χ4n) is 3.35. The average molecular weight is 320 g/mol. The third-order valence-electron chi connectivity index (χ3n) is 4.75. The Morgan fingerprint density at radius 1 is 1.00 bits per heavy atom. The second-order valence-electron chi connectivity index (χ2n) is 6.42. The van der Waals surface area contributed by atoms with Crippen molar-refractivity contribution in [3.63, 3.8) is 0 Å². The van der Waals surface area contributed by atoms with Crippen LogP contribution in [0.15, 0.2) is 36.4 Å². The van der Waals surface area contributed by atoms with Crippen molar-refractivity contribution in [3.8, 4) is 17.7 Å². The van der Waals surface area contributed by atoms with E-state index in [2.05, 4.69) is 26.9 Å². The van der Waals surface area contributed by atoms with E-state index in [9.17, 15) is 0 Å². The predicted octanol–water partition coefficient (Wildman–Crippen LogP) is 1.93. The van der Waals surface area contributed by atoms with Gasteiger partial charge in [0.25, 0.3) is 0 Å². The summed E-state index contributed by atoms with van der Waals surface area (Å²) in [6, 6.07) is 11.2. The number of nitrogen functional groups attached to an aromatic ring is 1. The van der Waals surface area contributed by atoms with Gasteiger partial charge in [-0.3, -0.25) is 4.90 Å². The lowest BCUT2D eigenvalue weighted by Gasteiger charge is -2.44. The molecule has 3 aliphatic heterocycles. The van der Waals surface area contributed by atoms with Crippen molar-refractivity contribution >= 4 is 5.69 Å². The standard InChI is InChI=1S/C19H20N4O/c20-16-4-1-14(2-5-16)3-6-17-7-8-19(22-21-17)24-18-13-23-11-9-15(18)10-12-23/h1-2,4-5,7-8,15,18H,9-13,20H2/t18-/m1/s1. The summed E-state index contributed by atoms with van der Waals surface area (Å²) < 4.78 is 6.04. The SMILES string of the molecule is Nc1ccc(C#Cc2ccc(O[C@@H]3CN4CCC3CC4)nn2)cc1. The zero-order valence-electron chi connectivity index (χ0n) is 13.5. The lowest BCUT2D eigenvalue weighted by Crippen LogP contribution is -2.52. The number of nitrogens with zero attached hydrogens (tertiary/aromatic N) is 3. The average Bonchev–Trinajstić information content (AvgIpc) is 2.63. The number of ether oxygens (including phenoxy) is 1. The van der Waals surface area contributed by atoms with E-state index in [-0.39, 0.29) is 6.10 Å². The molecule has 2 aromatic rings. The first-order chi connectivity index (χ1) is 11.8. The maximum absolute atomic E-state index is 6.04. The van der Waals surface area contributed by atoms with Crippen LogP contribution < -0.4 is 10.5 Å². The molecular weight excluding hydrogens is 300 g/mol. The molecule has 5 rings (SSSR count). The van der Waals surface area contributed by atoms with Gasteiger partial charge in [-0.25, -0.2) is 0 Å². The van der Waals surface area contributed by atoms with Crippen molar-refractivity contribution in [3.05, 3.63) is 47.7 Å². The fraction of sp³-hybridized carbons (Fsp3) is 0.368. The van der Waals surface area contributed by atoms with E-state index in [0.717, 1.165) is 17.8 Å². The number of rotatable bonds is 2. The Morgan fingerprint density at radius 2 is 1.79 bits per heavy atom. The molecule has 24 heavy (non-hydrogen) atoms. The monoisotopic (exact) mass is 320 g/mol. The predicted molar refractivity (Wildman–Crippen MR) is 92.4 cm³/mol. The molecular formula is C19H20N4O. The molecule has 1 aromatic heterocycles. The number of anilines is 1. The van der Waals surface area contributed by atoms with Crippen molar-refractivity contribution in [2.45, 2.75) is 18.9 Å². The van der Waals surface area contributed by atoms with E-state index in [4.69, 9.17) is 10.5 Å². The number of aromatic nitrogens is 2. The Kier molecular flexibility index (Phi) is 4.06. The zero-order chi connectivity index (χ0) is 16.4. The first-order valence-electron chi connectivity index (χ1n) is 8.36. The van der Waals surface area contributed by atoms with Gasteiger partial charge in [-0.2, -0.15) is 0 Å². The van der Waals surface area contributed by atoms with Crippen LogP contribution in [0.5, 0.6) is 5.88 Å². The Bertz CT molecular complexity index is 753. The summed E-state index contributed by atoms with van der Waals surface area (Å²) in [5.74, 6) is 7.31. The van der Waals surface area contributed by atoms with Gasteiger partial charge in [0, 0.05) is 23.9 Å². The first kappa shape index (κ1) is 15.0. The third-order valence-corrected chi connectivity index (χ3v) is 4.75. The molecule has 0 radical (unpaired) electrons. The second-order valence-corrected chi connectivity index (χ2v) is 6.42. The number of fused-ring (bicyclic) bond motifs is 3. The van der Waals surface area contributed by atoms with E-state index >= 15 is 0 Å². The maximum Gasteiger partial charge on any atom is 0.233 e. The van der Waals surface area contributed by atoms with Gasteiger partial charge in [-0.15, -0.1) is 10.2 Å². The van der Waals surface area contributed by atoms with Crippen LogP contribution in [-0.2, 0) is 0 Å². The van der Waals surface area contributed by atoms with E-state index < -0.39 is 0 Å². The van der Waals surface area contributed by atoms with E-state index in [0.29, 0.717) is 17.5 Å². The molecule has 1 aromatic carbocycles. The van der Waals surface area contributed by atoms with Gasteiger partial charge >= 0.3 is 0 Å². The quantitative estimate of drug-likeness (QED) is 0.677. The van der Waals surface area contributed by atoms with E-state index in [1.54, 1.807) is 0 Å². The third kappa shape index (κ3) is 3.34. The van der Waals surface area contributed by atoms with Crippen LogP contribution in [0.3, 0.4) is 0 Å². The van der Waals surface area contributed by atoms with E-state index in [1.165, 1.54) is 25.9 Å². The summed E-state index contributed by atoms with van der Waals surface area (Å²) in [6.45, 7) is 3.41. The molecule has 5 heteroatoms. The largest absolute Gasteiger partial charge is 0.472 e. The summed E-state index contributed by atoms with van der Waals surface area (Å²) in [5.41, 5.74) is 7.93. The Balaban J connectivity index is 1.41. The minimum Gasteiger partial charge on any atom is -0.472 e. The number of hydrogen-bond donors (Lipinski definition) is 1. The normalized spacial score (nSPS) is 24.9. The lowest BCUT2D eigenvalue weighted by molar-refractivity contribution is -0.0104. The molecule has 122 valence electrons. The van der Waals surface area contributed by atoms with Crippen LogP contribution in [-0.4, -0.2) is 40.8 Å². The van der Waals surface area contributed by atoms with Crippen molar-refractivity contribution in [1.82, 2.24) is 15.1 Å². The van der Waals surface area contributed by atoms with Crippen LogP contribution in [0.4, 0.5) is 5.69 Å². The smallest absolute Gasteiger partial charge is 0.233 e. The highest BCUT2D eigenvalue weighted by molar-refractivity contribution is 5.46. The Labute approximate surface area is 141 Å². The number of piperidine rings is 3. The minimum absolute atomic E-state index is 0.244. The molecule has 0 spiro atoms. The van der Waals surface area contributed by atoms with Crippen LogP contribution >= 0.6 is 0 Å². The van der Waals surface area contributed by atoms with Gasteiger partial charge in [-0.05, 0) is 68.1 Å². The molecule has 2 N–H and O–H groups in total. The van der Waals surface area contributed by atoms with Gasteiger partial charge in [0.05, 0.1) is 0 Å². The van der Waals surface area contributed by atoms with Gasteiger partial charge in [-0.1, -0.05) is 5.92 Å². The van der Waals surface area contributed by atoms with Crippen molar-refractivity contribution < 1.29 is 4.74 Å². The van der Waals surface area contributed by atoms with Gasteiger partial charge in [0.15, 0.2) is 0 Å². The van der Waals surface area contributed by atoms with Gasteiger partial charge in [0.2, 0.25) is 5.88 Å². The molecule has 5 nitrogen and oxygen atoms in total. The first-order valence-corrected chi connectivity index (χ1v) is 8.36. The maximum atomic E-state index is 6.04. The van der Waals surface area contributed by atoms with Crippen LogP contribution in [0.1, 0.15) is 24.1 Å².